The largest absolute Gasteiger partial charge is 0.310 e. The zero-order valence-corrected chi connectivity index (χ0v) is 29.5. The maximum atomic E-state index is 2.45. The molecular weight excluding hydrogens is 615 g/mol. The minimum atomic E-state index is -0.127. The van der Waals surface area contributed by atoms with E-state index in [4.69, 9.17) is 0 Å². The second-order valence-corrected chi connectivity index (χ2v) is 15.4. The van der Waals surface area contributed by atoms with E-state index in [9.17, 15) is 0 Å². The second-order valence-electron chi connectivity index (χ2n) is 15.4. The molecule has 0 aliphatic heterocycles. The van der Waals surface area contributed by atoms with Crippen LogP contribution in [0.1, 0.15) is 49.9 Å². The van der Waals surface area contributed by atoms with E-state index < -0.39 is 0 Å². The number of hydrogen-bond acceptors (Lipinski definition) is 1. The molecule has 0 heterocycles. The van der Waals surface area contributed by atoms with Gasteiger partial charge in [-0.25, -0.2) is 0 Å². The fourth-order valence-electron chi connectivity index (χ4n) is 9.17. The lowest BCUT2D eigenvalue weighted by atomic mass is 9.82. The molecule has 0 N–H and O–H groups in total. The van der Waals surface area contributed by atoms with Crippen molar-refractivity contribution in [3.63, 3.8) is 0 Å². The lowest BCUT2D eigenvalue weighted by Crippen LogP contribution is -2.16. The monoisotopic (exact) mass is 653 g/mol. The fourth-order valence-corrected chi connectivity index (χ4v) is 9.17. The molecule has 0 saturated carbocycles. The van der Waals surface area contributed by atoms with Gasteiger partial charge in [0.1, 0.15) is 0 Å². The van der Waals surface area contributed by atoms with E-state index in [1.165, 1.54) is 82.9 Å². The Bertz CT molecular complexity index is 2680. The Labute approximate surface area is 300 Å². The molecule has 10 rings (SSSR count). The molecule has 0 unspecified atom stereocenters. The maximum absolute atomic E-state index is 2.45. The van der Waals surface area contributed by atoms with Gasteiger partial charge in [-0.1, -0.05) is 155 Å². The van der Waals surface area contributed by atoms with Crippen molar-refractivity contribution < 1.29 is 0 Å². The molecule has 244 valence electrons. The summed E-state index contributed by atoms with van der Waals surface area (Å²) < 4.78 is 0. The van der Waals surface area contributed by atoms with E-state index in [1.807, 2.05) is 0 Å². The summed E-state index contributed by atoms with van der Waals surface area (Å²) in [6.45, 7) is 9.47. The Morgan fingerprint density at radius 2 is 0.902 bits per heavy atom. The van der Waals surface area contributed by atoms with E-state index in [2.05, 4.69) is 196 Å². The molecule has 0 saturated heterocycles. The van der Waals surface area contributed by atoms with Crippen LogP contribution in [0.15, 0.2) is 164 Å². The smallest absolute Gasteiger partial charge is 0.0468 e. The third-order valence-corrected chi connectivity index (χ3v) is 11.8. The van der Waals surface area contributed by atoms with Crippen molar-refractivity contribution in [2.45, 2.75) is 38.5 Å². The standard InChI is InChI=1S/C50H39N/c1-49(2)43-17-11-10-16-41(43)48-40-26-24-37(30-35(40)21-29-44(48)49)51(36-22-18-33(19-23-36)32-12-6-5-7-13-32)38-25-27-42-46(31-38)50(3,4)45-28-20-34-14-8-9-15-39(34)47(42)45/h5-31H,1-4H3. The van der Waals surface area contributed by atoms with Gasteiger partial charge < -0.3 is 4.90 Å². The van der Waals surface area contributed by atoms with Gasteiger partial charge in [0.2, 0.25) is 0 Å². The maximum Gasteiger partial charge on any atom is 0.0468 e. The number of nitrogens with zero attached hydrogens (tertiary/aromatic N) is 1. The van der Waals surface area contributed by atoms with Crippen LogP contribution in [-0.4, -0.2) is 0 Å². The summed E-state index contributed by atoms with van der Waals surface area (Å²) >= 11 is 0. The molecule has 0 atom stereocenters. The summed E-state index contributed by atoms with van der Waals surface area (Å²) in [5, 5.41) is 5.18. The molecule has 0 radical (unpaired) electrons. The van der Waals surface area contributed by atoms with Gasteiger partial charge in [-0.15, -0.1) is 0 Å². The van der Waals surface area contributed by atoms with Crippen molar-refractivity contribution in [3.8, 4) is 33.4 Å². The molecule has 0 aromatic heterocycles. The normalized spacial score (nSPS) is 14.6. The van der Waals surface area contributed by atoms with Gasteiger partial charge in [0.15, 0.2) is 0 Å². The van der Waals surface area contributed by atoms with Gasteiger partial charge in [0, 0.05) is 27.9 Å². The minimum Gasteiger partial charge on any atom is -0.310 e. The number of benzene rings is 8. The van der Waals surface area contributed by atoms with Gasteiger partial charge in [-0.3, -0.25) is 0 Å². The molecule has 0 bridgehead atoms. The van der Waals surface area contributed by atoms with Crippen molar-refractivity contribution in [2.75, 3.05) is 4.90 Å². The highest BCUT2D eigenvalue weighted by Crippen LogP contribution is 2.54. The third-order valence-electron chi connectivity index (χ3n) is 11.8. The molecule has 2 aliphatic rings. The van der Waals surface area contributed by atoms with Crippen LogP contribution in [0, 0.1) is 0 Å². The van der Waals surface area contributed by atoms with Crippen molar-refractivity contribution in [1.82, 2.24) is 0 Å². The van der Waals surface area contributed by atoms with Gasteiger partial charge in [-0.05, 0) is 114 Å². The van der Waals surface area contributed by atoms with Crippen LogP contribution in [-0.2, 0) is 10.8 Å². The molecule has 0 spiro atoms. The fraction of sp³-hybridized carbons (Fsp3) is 0.120. The molecule has 1 heteroatoms. The molecule has 0 amide bonds. The van der Waals surface area contributed by atoms with Gasteiger partial charge in [-0.2, -0.15) is 0 Å². The summed E-state index contributed by atoms with van der Waals surface area (Å²) in [4.78, 5) is 2.44. The first-order valence-corrected chi connectivity index (χ1v) is 18.1. The summed E-state index contributed by atoms with van der Waals surface area (Å²) in [5.74, 6) is 0. The van der Waals surface area contributed by atoms with Gasteiger partial charge in [0.05, 0.1) is 0 Å². The Kier molecular flexibility index (Phi) is 6.34. The SMILES string of the molecule is CC1(C)c2cc(N(c3ccc(-c4ccccc4)cc3)c3ccc4c5c(ccc4c3)C(C)(C)c3ccccc3-5)ccc2-c2c1ccc1ccccc21. The van der Waals surface area contributed by atoms with Crippen LogP contribution in [0.4, 0.5) is 17.1 Å². The van der Waals surface area contributed by atoms with E-state index in [0.29, 0.717) is 0 Å². The summed E-state index contributed by atoms with van der Waals surface area (Å²) in [5.41, 5.74) is 16.8. The van der Waals surface area contributed by atoms with E-state index in [1.54, 1.807) is 0 Å². The van der Waals surface area contributed by atoms with E-state index in [0.717, 1.165) is 11.4 Å². The van der Waals surface area contributed by atoms with Crippen LogP contribution < -0.4 is 4.90 Å². The lowest BCUT2D eigenvalue weighted by Gasteiger charge is -2.28. The first-order valence-electron chi connectivity index (χ1n) is 18.1. The average molecular weight is 654 g/mol. The zero-order chi connectivity index (χ0) is 34.5. The summed E-state index contributed by atoms with van der Waals surface area (Å²) in [7, 11) is 0. The summed E-state index contributed by atoms with van der Waals surface area (Å²) in [6.07, 6.45) is 0. The quantitative estimate of drug-likeness (QED) is 0.183. The Morgan fingerprint density at radius 3 is 1.69 bits per heavy atom. The van der Waals surface area contributed by atoms with Crippen LogP contribution in [0.3, 0.4) is 0 Å². The van der Waals surface area contributed by atoms with Crippen LogP contribution in [0.2, 0.25) is 0 Å². The molecule has 1 nitrogen and oxygen atoms in total. The van der Waals surface area contributed by atoms with Crippen molar-refractivity contribution in [3.05, 3.63) is 186 Å². The van der Waals surface area contributed by atoms with Crippen molar-refractivity contribution in [1.29, 1.82) is 0 Å². The Hall–Kier alpha value is -5.92. The highest BCUT2D eigenvalue weighted by Gasteiger charge is 2.38. The molecule has 8 aromatic carbocycles. The molecule has 8 aromatic rings. The number of fused-ring (bicyclic) bond motifs is 10. The highest BCUT2D eigenvalue weighted by atomic mass is 15.1. The van der Waals surface area contributed by atoms with Gasteiger partial charge >= 0.3 is 0 Å². The molecular formula is C50H39N. The third kappa shape index (κ3) is 4.34. The van der Waals surface area contributed by atoms with Crippen molar-refractivity contribution in [2.24, 2.45) is 0 Å². The Morgan fingerprint density at radius 1 is 0.353 bits per heavy atom. The lowest BCUT2D eigenvalue weighted by molar-refractivity contribution is 0.660. The average Bonchev–Trinajstić information content (AvgIpc) is 3.55. The summed E-state index contributed by atoms with van der Waals surface area (Å²) in [6, 6.07) is 61.0. The minimum absolute atomic E-state index is 0.0224. The molecule has 0 fully saturated rings. The topological polar surface area (TPSA) is 3.24 Å². The van der Waals surface area contributed by atoms with Crippen LogP contribution in [0.25, 0.3) is 54.9 Å². The predicted molar refractivity (Wildman–Crippen MR) is 217 cm³/mol. The Balaban J connectivity index is 1.16. The predicted octanol–water partition coefficient (Wildman–Crippen LogP) is 13.7. The number of hydrogen-bond donors (Lipinski definition) is 0. The van der Waals surface area contributed by atoms with E-state index in [-0.39, 0.29) is 10.8 Å². The first kappa shape index (κ1) is 29.9. The first-order chi connectivity index (χ1) is 24.8. The van der Waals surface area contributed by atoms with Gasteiger partial charge in [0.25, 0.3) is 0 Å². The molecule has 51 heavy (non-hydrogen) atoms. The van der Waals surface area contributed by atoms with Crippen molar-refractivity contribution >= 4 is 38.6 Å². The van der Waals surface area contributed by atoms with E-state index >= 15 is 0 Å². The van der Waals surface area contributed by atoms with Crippen LogP contribution >= 0.6 is 0 Å². The zero-order valence-electron chi connectivity index (χ0n) is 29.5. The number of rotatable bonds is 4. The van der Waals surface area contributed by atoms with Crippen LogP contribution in [0.5, 0.6) is 0 Å². The number of anilines is 3. The molecule has 2 aliphatic carbocycles. The second kappa shape index (κ2) is 10.8. The highest BCUT2D eigenvalue weighted by molar-refractivity contribution is 6.05.